The fourth-order valence-corrected chi connectivity index (χ4v) is 4.87. The molecule has 2 aromatic rings. The molecule has 0 radical (unpaired) electrons. The molecule has 2 aromatic carbocycles. The molecule has 2 N–H and O–H groups in total. The van der Waals surface area contributed by atoms with Crippen molar-refractivity contribution in [3.63, 3.8) is 0 Å². The van der Waals surface area contributed by atoms with Gasteiger partial charge in [0.15, 0.2) is 6.29 Å². The number of allylic oxidation sites excluding steroid dienone is 1. The summed E-state index contributed by atoms with van der Waals surface area (Å²) in [5.74, 6) is 0.813. The van der Waals surface area contributed by atoms with E-state index >= 15 is 0 Å². The maximum absolute atomic E-state index is 12.1. The summed E-state index contributed by atoms with van der Waals surface area (Å²) in [7, 11) is 4.22. The Bertz CT molecular complexity index is 1010. The highest BCUT2D eigenvalue weighted by Crippen LogP contribution is 2.25. The normalized spacial score (nSPS) is 16.7. The minimum absolute atomic E-state index is 0.0903. The molecule has 1 amide bonds. The monoisotopic (exact) mass is 525 g/mol. The number of ether oxygens (including phenoxy) is 2. The molecule has 7 nitrogen and oxygen atoms in total. The van der Waals surface area contributed by atoms with Gasteiger partial charge in [-0.3, -0.25) is 4.79 Å². The Balaban J connectivity index is 1.48. The van der Waals surface area contributed by atoms with Crippen LogP contribution in [-0.2, 0) is 14.4 Å². The number of rotatable bonds is 16. The van der Waals surface area contributed by atoms with Gasteiger partial charge in [0, 0.05) is 44.5 Å². The van der Waals surface area contributed by atoms with Gasteiger partial charge in [-0.15, -0.1) is 0 Å². The summed E-state index contributed by atoms with van der Waals surface area (Å²) in [6.45, 7) is 8.51. The van der Waals surface area contributed by atoms with E-state index < -0.39 is 0 Å². The first-order chi connectivity index (χ1) is 18.3. The molecule has 1 atom stereocenters. The molecular weight excluding hydrogens is 478 g/mol. The molecule has 1 aliphatic heterocycles. The van der Waals surface area contributed by atoms with Crippen LogP contribution in [0, 0.1) is 5.41 Å². The minimum Gasteiger partial charge on any atom is -0.489 e. The lowest BCUT2D eigenvalue weighted by atomic mass is 9.93. The van der Waals surface area contributed by atoms with Gasteiger partial charge in [-0.25, -0.2) is 10.3 Å². The number of nitrogens with one attached hydrogen (secondary N) is 2. The van der Waals surface area contributed by atoms with Crippen LogP contribution in [0.5, 0.6) is 5.75 Å². The van der Waals surface area contributed by atoms with Crippen molar-refractivity contribution in [3.8, 4) is 5.75 Å². The third-order valence-corrected chi connectivity index (χ3v) is 6.60. The number of amides is 1. The molecule has 1 fully saturated rings. The quantitative estimate of drug-likeness (QED) is 0.172. The summed E-state index contributed by atoms with van der Waals surface area (Å²) in [6, 6.07) is 14.5. The van der Waals surface area contributed by atoms with E-state index in [-0.39, 0.29) is 17.6 Å². The number of nitrogens with zero attached hydrogens (tertiary/aromatic N) is 1. The van der Waals surface area contributed by atoms with E-state index in [1.807, 2.05) is 24.3 Å². The number of hydrogen-bond acceptors (Lipinski definition) is 6. The summed E-state index contributed by atoms with van der Waals surface area (Å²) in [5, 5.41) is 5.95. The predicted molar refractivity (Wildman–Crippen MR) is 154 cm³/mol. The van der Waals surface area contributed by atoms with Gasteiger partial charge < -0.3 is 19.7 Å². The van der Waals surface area contributed by atoms with Crippen LogP contribution in [0.3, 0.4) is 0 Å². The zero-order valence-corrected chi connectivity index (χ0v) is 23.8. The Hall–Kier alpha value is -2.45. The van der Waals surface area contributed by atoms with Crippen molar-refractivity contribution in [2.24, 2.45) is 5.41 Å². The second kappa shape index (κ2) is 15.8. The molecule has 0 aliphatic carbocycles. The Labute approximate surface area is 228 Å². The standard InChI is InChI=1S/C31H47N3O4/c1-31(2,24-34(3)4)23-32-21-25(22-37-28-17-12-15-26-14-8-9-16-27(26)28)13-6-5-7-18-29(35)33-38-30-19-10-11-20-36-30/h8-9,12-17,30,32H,5-7,10-11,18-24H2,1-4H3,(H,33,35). The third kappa shape index (κ3) is 11.1. The van der Waals surface area contributed by atoms with Crippen molar-refractivity contribution in [3.05, 3.63) is 54.1 Å². The van der Waals surface area contributed by atoms with Gasteiger partial charge >= 0.3 is 0 Å². The SMILES string of the molecule is CN(C)CC(C)(C)CNCC(=CCCCCC(=O)NOC1CCCCO1)COc1cccc2ccccc12. The molecular formula is C31H47N3O4. The largest absolute Gasteiger partial charge is 0.489 e. The molecule has 3 rings (SSSR count). The molecule has 38 heavy (non-hydrogen) atoms. The van der Waals surface area contributed by atoms with E-state index in [9.17, 15) is 4.79 Å². The van der Waals surface area contributed by atoms with Crippen LogP contribution < -0.4 is 15.5 Å². The zero-order valence-electron chi connectivity index (χ0n) is 23.8. The van der Waals surface area contributed by atoms with E-state index in [1.54, 1.807) is 0 Å². The first-order valence-electron chi connectivity index (χ1n) is 14.0. The molecule has 1 aliphatic rings. The Morgan fingerprint density at radius 1 is 1.13 bits per heavy atom. The van der Waals surface area contributed by atoms with E-state index in [4.69, 9.17) is 14.3 Å². The molecule has 1 unspecified atom stereocenters. The van der Waals surface area contributed by atoms with E-state index in [0.29, 0.717) is 19.6 Å². The number of fused-ring (bicyclic) bond motifs is 1. The third-order valence-electron chi connectivity index (χ3n) is 6.60. The van der Waals surface area contributed by atoms with E-state index in [0.717, 1.165) is 69.3 Å². The average molecular weight is 526 g/mol. The van der Waals surface area contributed by atoms with Gasteiger partial charge in [-0.2, -0.15) is 0 Å². The zero-order chi connectivity index (χ0) is 27.2. The maximum Gasteiger partial charge on any atom is 0.243 e. The second-order valence-corrected chi connectivity index (χ2v) is 11.3. The number of carbonyl (C=O) groups excluding carboxylic acids is 1. The first-order valence-corrected chi connectivity index (χ1v) is 14.0. The molecule has 210 valence electrons. The van der Waals surface area contributed by atoms with Crippen molar-refractivity contribution >= 4 is 16.7 Å². The van der Waals surface area contributed by atoms with Crippen molar-refractivity contribution < 1.29 is 19.1 Å². The molecule has 0 spiro atoms. The van der Waals surface area contributed by atoms with Gasteiger partial charge in [0.2, 0.25) is 5.91 Å². The highest BCUT2D eigenvalue weighted by atomic mass is 16.8. The van der Waals surface area contributed by atoms with Crippen molar-refractivity contribution in [1.29, 1.82) is 0 Å². The summed E-state index contributed by atoms with van der Waals surface area (Å²) < 4.78 is 11.8. The number of unbranched alkanes of at least 4 members (excludes halogenated alkanes) is 2. The van der Waals surface area contributed by atoms with Crippen LogP contribution in [-0.4, -0.2) is 64.0 Å². The Morgan fingerprint density at radius 2 is 1.95 bits per heavy atom. The smallest absolute Gasteiger partial charge is 0.243 e. The van der Waals surface area contributed by atoms with Gasteiger partial charge in [0.1, 0.15) is 12.4 Å². The van der Waals surface area contributed by atoms with Gasteiger partial charge in [-0.05, 0) is 68.6 Å². The molecule has 0 bridgehead atoms. The van der Waals surface area contributed by atoms with Crippen LogP contribution in [0.2, 0.25) is 0 Å². The summed E-state index contributed by atoms with van der Waals surface area (Å²) in [5.41, 5.74) is 3.94. The predicted octanol–water partition coefficient (Wildman–Crippen LogP) is 5.46. The van der Waals surface area contributed by atoms with Gasteiger partial charge in [0.05, 0.1) is 0 Å². The van der Waals surface area contributed by atoms with Crippen LogP contribution in [0.4, 0.5) is 0 Å². The lowest BCUT2D eigenvalue weighted by Crippen LogP contribution is -2.38. The van der Waals surface area contributed by atoms with Crippen molar-refractivity contribution in [2.45, 2.75) is 65.1 Å². The van der Waals surface area contributed by atoms with E-state index in [1.165, 1.54) is 11.0 Å². The first kappa shape index (κ1) is 30.1. The number of benzene rings is 2. The lowest BCUT2D eigenvalue weighted by Gasteiger charge is -2.28. The Morgan fingerprint density at radius 3 is 2.74 bits per heavy atom. The van der Waals surface area contributed by atoms with Crippen LogP contribution in [0.1, 0.15) is 58.8 Å². The van der Waals surface area contributed by atoms with Crippen LogP contribution in [0.25, 0.3) is 10.8 Å². The molecule has 1 saturated heterocycles. The van der Waals surface area contributed by atoms with Crippen LogP contribution >= 0.6 is 0 Å². The van der Waals surface area contributed by atoms with E-state index in [2.05, 4.69) is 67.9 Å². The fraction of sp³-hybridized carbons (Fsp3) is 0.581. The second-order valence-electron chi connectivity index (χ2n) is 11.3. The lowest BCUT2D eigenvalue weighted by molar-refractivity contribution is -0.200. The fourth-order valence-electron chi connectivity index (χ4n) is 4.87. The maximum atomic E-state index is 12.1. The summed E-state index contributed by atoms with van der Waals surface area (Å²) in [4.78, 5) is 19.7. The number of hydroxylamine groups is 1. The summed E-state index contributed by atoms with van der Waals surface area (Å²) in [6.07, 6.45) is 7.98. The van der Waals surface area contributed by atoms with Crippen LogP contribution in [0.15, 0.2) is 54.1 Å². The van der Waals surface area contributed by atoms with Gasteiger partial charge in [-0.1, -0.05) is 56.3 Å². The minimum atomic E-state index is -0.310. The molecule has 0 aromatic heterocycles. The number of carbonyl (C=O) groups is 1. The van der Waals surface area contributed by atoms with Gasteiger partial charge in [0.25, 0.3) is 0 Å². The highest BCUT2D eigenvalue weighted by Gasteiger charge is 2.18. The number of hydrogen-bond donors (Lipinski definition) is 2. The highest BCUT2D eigenvalue weighted by molar-refractivity contribution is 5.88. The Kier molecular flexibility index (Phi) is 12.5. The van der Waals surface area contributed by atoms with Crippen molar-refractivity contribution in [2.75, 3.05) is 46.9 Å². The topological polar surface area (TPSA) is 72.1 Å². The molecule has 7 heteroatoms. The molecule has 0 saturated carbocycles. The van der Waals surface area contributed by atoms with Crippen molar-refractivity contribution in [1.82, 2.24) is 15.7 Å². The average Bonchev–Trinajstić information content (AvgIpc) is 2.89. The summed E-state index contributed by atoms with van der Waals surface area (Å²) >= 11 is 0. The molecule has 1 heterocycles.